The molecule has 1 fully saturated rings. The van der Waals surface area contributed by atoms with E-state index in [-0.39, 0.29) is 16.7 Å². The van der Waals surface area contributed by atoms with Gasteiger partial charge in [0.1, 0.15) is 17.0 Å². The van der Waals surface area contributed by atoms with Gasteiger partial charge in [0, 0.05) is 17.1 Å². The van der Waals surface area contributed by atoms with Gasteiger partial charge in [-0.25, -0.2) is 9.48 Å². The minimum atomic E-state index is -0.515. The fourth-order valence-electron chi connectivity index (χ4n) is 4.14. The third kappa shape index (κ3) is 3.79. The van der Waals surface area contributed by atoms with E-state index in [9.17, 15) is 9.59 Å². The standard InChI is InChI=1S/C28H18N4O3S/c33-26-23(29-28(36)32(26)21-12-5-2-6-13-21)16-19-17-31(20-10-3-1-4-11-20)30-25(19)22-15-18-9-7-8-14-24(18)35-27(22)34/h1-17H,(H,29,36). The van der Waals surface area contributed by atoms with E-state index >= 15 is 0 Å². The minimum Gasteiger partial charge on any atom is -0.422 e. The molecule has 0 radical (unpaired) electrons. The lowest BCUT2D eigenvalue weighted by atomic mass is 10.1. The normalized spacial score (nSPS) is 14.6. The van der Waals surface area contributed by atoms with Gasteiger partial charge >= 0.3 is 5.63 Å². The number of para-hydroxylation sites is 3. The first-order chi connectivity index (χ1) is 17.6. The quantitative estimate of drug-likeness (QED) is 0.219. The first kappa shape index (κ1) is 21.7. The van der Waals surface area contributed by atoms with Gasteiger partial charge in [0.2, 0.25) is 0 Å². The van der Waals surface area contributed by atoms with Crippen LogP contribution in [0.15, 0.2) is 112 Å². The lowest BCUT2D eigenvalue weighted by Gasteiger charge is -2.13. The van der Waals surface area contributed by atoms with Crippen molar-refractivity contribution in [3.63, 3.8) is 0 Å². The molecule has 0 atom stereocenters. The predicted octanol–water partition coefficient (Wildman–Crippen LogP) is 4.91. The SMILES string of the molecule is O=C1C(=Cc2cn(-c3ccccc3)nc2-c2cc3ccccc3oc2=O)NC(=S)N1c1ccccc1. The van der Waals surface area contributed by atoms with Crippen LogP contribution in [0.25, 0.3) is 34.0 Å². The van der Waals surface area contributed by atoms with Crippen molar-refractivity contribution < 1.29 is 9.21 Å². The molecule has 0 bridgehead atoms. The van der Waals surface area contributed by atoms with Gasteiger partial charge in [0.25, 0.3) is 5.91 Å². The number of hydrogen-bond acceptors (Lipinski definition) is 5. The summed E-state index contributed by atoms with van der Waals surface area (Å²) < 4.78 is 7.23. The highest BCUT2D eigenvalue weighted by Gasteiger charge is 2.32. The molecule has 3 heterocycles. The van der Waals surface area contributed by atoms with Crippen molar-refractivity contribution in [1.82, 2.24) is 15.1 Å². The number of rotatable bonds is 4. The molecule has 7 nitrogen and oxygen atoms in total. The van der Waals surface area contributed by atoms with Gasteiger partial charge in [-0.3, -0.25) is 9.69 Å². The average molecular weight is 491 g/mol. The van der Waals surface area contributed by atoms with Crippen molar-refractivity contribution in [1.29, 1.82) is 0 Å². The van der Waals surface area contributed by atoms with Crippen LogP contribution < -0.4 is 15.8 Å². The summed E-state index contributed by atoms with van der Waals surface area (Å²) in [6.45, 7) is 0. The maximum Gasteiger partial charge on any atom is 0.345 e. The van der Waals surface area contributed by atoms with Crippen LogP contribution in [0, 0.1) is 0 Å². The van der Waals surface area contributed by atoms with E-state index in [2.05, 4.69) is 5.32 Å². The molecule has 1 amide bonds. The fourth-order valence-corrected chi connectivity index (χ4v) is 4.44. The molecule has 1 saturated heterocycles. The number of amides is 1. The number of anilines is 1. The van der Waals surface area contributed by atoms with Crippen LogP contribution in [-0.4, -0.2) is 20.8 Å². The lowest BCUT2D eigenvalue weighted by molar-refractivity contribution is -0.113. The number of thiocarbonyl (C=S) groups is 1. The molecule has 1 aliphatic rings. The summed E-state index contributed by atoms with van der Waals surface area (Å²) in [6, 6.07) is 27.7. The van der Waals surface area contributed by atoms with E-state index in [1.54, 1.807) is 29.1 Å². The Hall–Kier alpha value is -4.82. The topological polar surface area (TPSA) is 80.4 Å². The van der Waals surface area contributed by atoms with Crippen LogP contribution in [0.3, 0.4) is 0 Å². The molecule has 6 rings (SSSR count). The highest BCUT2D eigenvalue weighted by Crippen LogP contribution is 2.28. The fraction of sp³-hybridized carbons (Fsp3) is 0. The van der Waals surface area contributed by atoms with E-state index in [0.717, 1.165) is 11.1 Å². The minimum absolute atomic E-state index is 0.277. The molecule has 0 spiro atoms. The van der Waals surface area contributed by atoms with Crippen molar-refractivity contribution in [2.75, 3.05) is 4.90 Å². The second kappa shape index (κ2) is 8.75. The van der Waals surface area contributed by atoms with Gasteiger partial charge in [0.05, 0.1) is 16.9 Å². The molecule has 0 aliphatic carbocycles. The van der Waals surface area contributed by atoms with E-state index in [4.69, 9.17) is 21.7 Å². The molecule has 0 unspecified atom stereocenters. The zero-order valence-electron chi connectivity index (χ0n) is 18.8. The van der Waals surface area contributed by atoms with Gasteiger partial charge in [-0.2, -0.15) is 5.10 Å². The summed E-state index contributed by atoms with van der Waals surface area (Å²) in [7, 11) is 0. The first-order valence-corrected chi connectivity index (χ1v) is 11.6. The molecule has 8 heteroatoms. The smallest absolute Gasteiger partial charge is 0.345 e. The number of benzene rings is 3. The summed E-state index contributed by atoms with van der Waals surface area (Å²) in [5.41, 5.74) is 2.98. The van der Waals surface area contributed by atoms with Crippen LogP contribution >= 0.6 is 12.2 Å². The Morgan fingerprint density at radius 3 is 2.28 bits per heavy atom. The van der Waals surface area contributed by atoms with Crippen LogP contribution in [0.1, 0.15) is 5.56 Å². The maximum atomic E-state index is 13.3. The van der Waals surface area contributed by atoms with Crippen molar-refractivity contribution in [3.8, 4) is 16.9 Å². The van der Waals surface area contributed by atoms with Crippen molar-refractivity contribution >= 4 is 46.0 Å². The van der Waals surface area contributed by atoms with E-state index in [0.29, 0.717) is 28.1 Å². The summed E-state index contributed by atoms with van der Waals surface area (Å²) in [6.07, 6.45) is 3.43. The molecule has 36 heavy (non-hydrogen) atoms. The molecule has 1 N–H and O–H groups in total. The number of carbonyl (C=O) groups excluding carboxylic acids is 1. The predicted molar refractivity (Wildman–Crippen MR) is 143 cm³/mol. The third-order valence-corrected chi connectivity index (χ3v) is 6.14. The van der Waals surface area contributed by atoms with Gasteiger partial charge in [-0.05, 0) is 54.7 Å². The van der Waals surface area contributed by atoms with E-state index in [1.807, 2.05) is 78.9 Å². The third-order valence-electron chi connectivity index (χ3n) is 5.85. The Morgan fingerprint density at radius 1 is 0.861 bits per heavy atom. The Balaban J connectivity index is 1.50. The number of hydrogen-bond donors (Lipinski definition) is 1. The first-order valence-electron chi connectivity index (χ1n) is 11.2. The summed E-state index contributed by atoms with van der Waals surface area (Å²) >= 11 is 5.44. The number of carbonyl (C=O) groups is 1. The second-order valence-corrected chi connectivity index (χ2v) is 8.55. The van der Waals surface area contributed by atoms with Crippen LogP contribution in [-0.2, 0) is 4.79 Å². The van der Waals surface area contributed by atoms with Gasteiger partial charge in [0.15, 0.2) is 5.11 Å². The van der Waals surface area contributed by atoms with Gasteiger partial charge in [-0.1, -0.05) is 54.6 Å². The number of aromatic nitrogens is 2. The molecule has 1 aliphatic heterocycles. The molecule has 3 aromatic carbocycles. The highest BCUT2D eigenvalue weighted by molar-refractivity contribution is 7.80. The van der Waals surface area contributed by atoms with Crippen molar-refractivity contribution in [2.45, 2.75) is 0 Å². The van der Waals surface area contributed by atoms with E-state index < -0.39 is 5.63 Å². The van der Waals surface area contributed by atoms with Gasteiger partial charge in [-0.15, -0.1) is 0 Å². The average Bonchev–Trinajstić information content (AvgIpc) is 3.44. The molecule has 2 aromatic heterocycles. The molecular formula is C28H18N4O3S. The monoisotopic (exact) mass is 490 g/mol. The number of nitrogens with one attached hydrogen (secondary N) is 1. The summed E-state index contributed by atoms with van der Waals surface area (Å²) in [5, 5.41) is 8.76. The van der Waals surface area contributed by atoms with Crippen LogP contribution in [0.5, 0.6) is 0 Å². The summed E-state index contributed by atoms with van der Waals surface area (Å²) in [5.74, 6) is -0.296. The lowest BCUT2D eigenvalue weighted by Crippen LogP contribution is -2.30. The number of nitrogens with zero attached hydrogens (tertiary/aromatic N) is 3. The van der Waals surface area contributed by atoms with Crippen LogP contribution in [0.4, 0.5) is 5.69 Å². The Morgan fingerprint density at radius 2 is 1.53 bits per heavy atom. The van der Waals surface area contributed by atoms with Crippen molar-refractivity contribution in [3.05, 3.63) is 119 Å². The molecule has 0 saturated carbocycles. The maximum absolute atomic E-state index is 13.3. The zero-order chi connectivity index (χ0) is 24.6. The van der Waals surface area contributed by atoms with E-state index in [1.165, 1.54) is 4.90 Å². The summed E-state index contributed by atoms with van der Waals surface area (Å²) in [4.78, 5) is 27.7. The van der Waals surface area contributed by atoms with Gasteiger partial charge < -0.3 is 9.73 Å². The van der Waals surface area contributed by atoms with Crippen molar-refractivity contribution in [2.24, 2.45) is 0 Å². The molecule has 174 valence electrons. The Labute approximate surface area is 210 Å². The molecular weight excluding hydrogens is 472 g/mol. The van der Waals surface area contributed by atoms with Crippen LogP contribution in [0.2, 0.25) is 0 Å². The number of fused-ring (bicyclic) bond motifs is 1. The largest absolute Gasteiger partial charge is 0.422 e. The molecule has 5 aromatic rings. The highest BCUT2D eigenvalue weighted by atomic mass is 32.1. The Bertz CT molecular complexity index is 1720. The second-order valence-electron chi connectivity index (χ2n) is 8.16. The zero-order valence-corrected chi connectivity index (χ0v) is 19.6. The Kier molecular flexibility index (Phi) is 5.28.